The third kappa shape index (κ3) is 7.00. The maximum absolute atomic E-state index is 12.2. The number of aliphatic imine (C=N–C) groups is 1. The Morgan fingerprint density at radius 3 is 2.32 bits per heavy atom. The van der Waals surface area contributed by atoms with Crippen molar-refractivity contribution in [2.45, 2.75) is 31.5 Å². The van der Waals surface area contributed by atoms with Crippen molar-refractivity contribution < 1.29 is 18.3 Å². The van der Waals surface area contributed by atoms with Crippen LogP contribution < -0.4 is 10.1 Å². The molecule has 0 saturated carbocycles. The second kappa shape index (κ2) is 11.7. The molecule has 0 bridgehead atoms. The van der Waals surface area contributed by atoms with Crippen LogP contribution in [0.2, 0.25) is 0 Å². The minimum Gasteiger partial charge on any atom is -0.435 e. The molecule has 0 aliphatic carbocycles. The van der Waals surface area contributed by atoms with E-state index in [1.54, 1.807) is 31.3 Å². The summed E-state index contributed by atoms with van der Waals surface area (Å²) in [6.45, 7) is 0.104. The maximum atomic E-state index is 12.2. The molecule has 0 aromatic heterocycles. The van der Waals surface area contributed by atoms with Gasteiger partial charge in [0.1, 0.15) is 5.75 Å². The van der Waals surface area contributed by atoms with Gasteiger partial charge in [-0.2, -0.15) is 8.78 Å². The van der Waals surface area contributed by atoms with E-state index in [9.17, 15) is 8.78 Å². The molecule has 0 unspecified atom stereocenters. The molecule has 0 amide bonds. The monoisotopic (exact) mass is 512 g/mol. The van der Waals surface area contributed by atoms with E-state index in [4.69, 9.17) is 4.74 Å². The quantitative estimate of drug-likeness (QED) is 0.346. The van der Waals surface area contributed by atoms with Crippen LogP contribution in [-0.4, -0.2) is 75.9 Å². The van der Waals surface area contributed by atoms with Gasteiger partial charge in [0.2, 0.25) is 0 Å². The van der Waals surface area contributed by atoms with Gasteiger partial charge in [-0.25, -0.2) is 0 Å². The first-order chi connectivity index (χ1) is 12.9. The highest BCUT2D eigenvalue weighted by molar-refractivity contribution is 14.0. The van der Waals surface area contributed by atoms with Gasteiger partial charge in [-0.15, -0.1) is 24.0 Å². The van der Waals surface area contributed by atoms with Gasteiger partial charge in [-0.05, 0) is 44.6 Å². The van der Waals surface area contributed by atoms with Crippen LogP contribution in [-0.2, 0) is 11.3 Å². The van der Waals surface area contributed by atoms with Crippen LogP contribution in [0.4, 0.5) is 8.78 Å². The lowest BCUT2D eigenvalue weighted by atomic mass is 9.88. The molecule has 160 valence electrons. The molecule has 1 aromatic carbocycles. The van der Waals surface area contributed by atoms with Crippen molar-refractivity contribution in [3.8, 4) is 5.75 Å². The average molecular weight is 512 g/mol. The molecular weight excluding hydrogens is 481 g/mol. The topological polar surface area (TPSA) is 49.3 Å². The molecule has 0 spiro atoms. The number of alkyl halides is 2. The van der Waals surface area contributed by atoms with E-state index in [1.807, 2.05) is 11.9 Å². The smallest absolute Gasteiger partial charge is 0.387 e. The number of halogens is 3. The molecule has 9 heteroatoms. The van der Waals surface area contributed by atoms with E-state index in [2.05, 4.69) is 34.0 Å². The fourth-order valence-electron chi connectivity index (χ4n) is 3.29. The number of ether oxygens (including phenoxy) is 2. The summed E-state index contributed by atoms with van der Waals surface area (Å²) in [6, 6.07) is 6.66. The molecule has 0 radical (unpaired) electrons. The fourth-order valence-corrected chi connectivity index (χ4v) is 3.29. The second-order valence-corrected chi connectivity index (χ2v) is 7.01. The minimum absolute atomic E-state index is 0. The number of benzene rings is 1. The number of guanidine groups is 1. The van der Waals surface area contributed by atoms with Crippen LogP contribution in [0.15, 0.2) is 29.3 Å². The summed E-state index contributed by atoms with van der Waals surface area (Å²) in [7, 11) is 7.90. The Morgan fingerprint density at radius 1 is 1.21 bits per heavy atom. The van der Waals surface area contributed by atoms with Crippen molar-refractivity contribution in [3.05, 3.63) is 29.8 Å². The van der Waals surface area contributed by atoms with Crippen molar-refractivity contribution in [1.82, 2.24) is 15.1 Å². The van der Waals surface area contributed by atoms with Gasteiger partial charge in [-0.1, -0.05) is 12.1 Å². The van der Waals surface area contributed by atoms with Crippen LogP contribution in [0, 0.1) is 0 Å². The van der Waals surface area contributed by atoms with Gasteiger partial charge in [-0.3, -0.25) is 4.99 Å². The molecule has 1 heterocycles. The molecular formula is C19H31F2IN4O2. The number of likely N-dealkylation sites (N-methyl/N-ethyl adjacent to an activating group) is 1. The Hall–Kier alpha value is -1.20. The summed E-state index contributed by atoms with van der Waals surface area (Å²) in [4.78, 5) is 8.64. The number of nitrogens with zero attached hydrogens (tertiary/aromatic N) is 3. The summed E-state index contributed by atoms with van der Waals surface area (Å²) in [5, 5.41) is 3.47. The number of nitrogens with one attached hydrogen (secondary N) is 1. The zero-order valence-corrected chi connectivity index (χ0v) is 19.3. The fraction of sp³-hybridized carbons (Fsp3) is 0.632. The van der Waals surface area contributed by atoms with Crippen molar-refractivity contribution in [2.24, 2.45) is 4.99 Å². The molecule has 2 rings (SSSR count). The predicted octanol–water partition coefficient (Wildman–Crippen LogP) is 3.02. The predicted molar refractivity (Wildman–Crippen MR) is 118 cm³/mol. The van der Waals surface area contributed by atoms with Crippen LogP contribution in [0.3, 0.4) is 0 Å². The summed E-state index contributed by atoms with van der Waals surface area (Å²) in [6.07, 6.45) is 1.94. The van der Waals surface area contributed by atoms with Crippen LogP contribution in [0.5, 0.6) is 5.75 Å². The Labute approximate surface area is 183 Å². The molecule has 0 atom stereocenters. The SMILES string of the molecule is CN=C(NCC1(N(C)C)CCOCC1)N(C)Cc1ccc(OC(F)F)cc1.I. The van der Waals surface area contributed by atoms with Gasteiger partial charge in [0.25, 0.3) is 0 Å². The van der Waals surface area contributed by atoms with E-state index in [1.165, 1.54) is 0 Å². The lowest BCUT2D eigenvalue weighted by Gasteiger charge is -2.43. The second-order valence-electron chi connectivity index (χ2n) is 7.01. The standard InChI is InChI=1S/C19H30F2N4O2.HI/c1-22-18(23-14-19(24(2)3)9-11-26-12-10-19)25(4)13-15-5-7-16(8-6-15)27-17(20)21;/h5-8,17H,9-14H2,1-4H3,(H,22,23);1H. The zero-order chi connectivity index (χ0) is 19.9. The van der Waals surface area contributed by atoms with E-state index in [0.717, 1.165) is 44.1 Å². The van der Waals surface area contributed by atoms with Gasteiger partial charge in [0, 0.05) is 45.9 Å². The Morgan fingerprint density at radius 2 is 1.82 bits per heavy atom. The number of rotatable bonds is 7. The third-order valence-electron chi connectivity index (χ3n) is 5.09. The van der Waals surface area contributed by atoms with Gasteiger partial charge in [0.15, 0.2) is 5.96 Å². The summed E-state index contributed by atoms with van der Waals surface area (Å²) in [5.41, 5.74) is 1.03. The van der Waals surface area contributed by atoms with Gasteiger partial charge in [0.05, 0.1) is 0 Å². The molecule has 1 aliphatic heterocycles. The highest BCUT2D eigenvalue weighted by Gasteiger charge is 2.35. The number of hydrogen-bond acceptors (Lipinski definition) is 4. The maximum Gasteiger partial charge on any atom is 0.387 e. The molecule has 1 aromatic rings. The Kier molecular flexibility index (Phi) is 10.4. The number of hydrogen-bond donors (Lipinski definition) is 1. The normalized spacial score (nSPS) is 16.6. The Bertz CT molecular complexity index is 608. The first kappa shape index (κ1) is 24.8. The van der Waals surface area contributed by atoms with E-state index < -0.39 is 6.61 Å². The van der Waals surface area contributed by atoms with E-state index in [-0.39, 0.29) is 35.3 Å². The summed E-state index contributed by atoms with van der Waals surface area (Å²) < 4.78 is 34.4. The molecule has 1 fully saturated rings. The van der Waals surface area contributed by atoms with E-state index in [0.29, 0.717) is 6.54 Å². The van der Waals surface area contributed by atoms with Gasteiger partial charge < -0.3 is 24.6 Å². The summed E-state index contributed by atoms with van der Waals surface area (Å²) >= 11 is 0. The molecule has 28 heavy (non-hydrogen) atoms. The van der Waals surface area contributed by atoms with Crippen molar-refractivity contribution >= 4 is 29.9 Å². The molecule has 6 nitrogen and oxygen atoms in total. The van der Waals surface area contributed by atoms with Crippen LogP contribution >= 0.6 is 24.0 Å². The third-order valence-corrected chi connectivity index (χ3v) is 5.09. The first-order valence-corrected chi connectivity index (χ1v) is 9.07. The molecule has 1 aliphatic rings. The highest BCUT2D eigenvalue weighted by atomic mass is 127. The van der Waals surface area contributed by atoms with Crippen molar-refractivity contribution in [3.63, 3.8) is 0 Å². The lowest BCUT2D eigenvalue weighted by molar-refractivity contribution is -0.0498. The first-order valence-electron chi connectivity index (χ1n) is 9.07. The average Bonchev–Trinajstić information content (AvgIpc) is 2.64. The molecule has 1 saturated heterocycles. The lowest BCUT2D eigenvalue weighted by Crippen LogP contribution is -2.57. The van der Waals surface area contributed by atoms with Crippen LogP contribution in [0.25, 0.3) is 0 Å². The molecule has 1 N–H and O–H groups in total. The van der Waals surface area contributed by atoms with Gasteiger partial charge >= 0.3 is 6.61 Å². The zero-order valence-electron chi connectivity index (χ0n) is 17.0. The minimum atomic E-state index is -2.81. The van der Waals surface area contributed by atoms with Crippen molar-refractivity contribution in [1.29, 1.82) is 0 Å². The van der Waals surface area contributed by atoms with Crippen molar-refractivity contribution in [2.75, 3.05) is 47.9 Å². The van der Waals surface area contributed by atoms with Crippen LogP contribution in [0.1, 0.15) is 18.4 Å². The highest BCUT2D eigenvalue weighted by Crippen LogP contribution is 2.25. The largest absolute Gasteiger partial charge is 0.435 e. The summed E-state index contributed by atoms with van der Waals surface area (Å²) in [5.74, 6) is 0.946. The Balaban J connectivity index is 0.00000392. The van der Waals surface area contributed by atoms with E-state index >= 15 is 0 Å².